The Morgan fingerprint density at radius 3 is 2.52 bits per heavy atom. The van der Waals surface area contributed by atoms with Crippen LogP contribution < -0.4 is 10.4 Å². The Labute approximate surface area is 135 Å². The van der Waals surface area contributed by atoms with Gasteiger partial charge in [-0.15, -0.1) is 0 Å². The van der Waals surface area contributed by atoms with Gasteiger partial charge in [-0.1, -0.05) is 12.1 Å². The zero-order chi connectivity index (χ0) is 17.0. The second-order valence-electron chi connectivity index (χ2n) is 5.47. The van der Waals surface area contributed by atoms with Crippen LogP contribution in [-0.2, 0) is 26.0 Å². The summed E-state index contributed by atoms with van der Waals surface area (Å²) in [6, 6.07) is 5.16. The molecular formula is C15H19N2O5S-. The van der Waals surface area contributed by atoms with Crippen LogP contribution in [0, 0.1) is 0 Å². The third-order valence-electron chi connectivity index (χ3n) is 3.79. The van der Waals surface area contributed by atoms with Gasteiger partial charge < -0.3 is 15.2 Å². The number of carboxylic acids is 1. The standard InChI is InChI=1S/C15H20N2O5S/c1-11(18)16-9-8-12-4-6-13(7-5-12)23(21,22)17-10-2-3-14(17)15(19)20/h4-7,14H,2-3,8-10H2,1H3,(H,16,18)(H,19,20)/p-1/t14-/m0/s1. The van der Waals surface area contributed by atoms with Crippen LogP contribution in [0.15, 0.2) is 29.2 Å². The van der Waals surface area contributed by atoms with Crippen molar-refractivity contribution in [3.8, 4) is 0 Å². The summed E-state index contributed by atoms with van der Waals surface area (Å²) >= 11 is 0. The van der Waals surface area contributed by atoms with Gasteiger partial charge in [-0.3, -0.25) is 4.79 Å². The number of carboxylic acid groups (broad SMARTS) is 1. The fourth-order valence-electron chi connectivity index (χ4n) is 2.61. The number of hydrogen-bond acceptors (Lipinski definition) is 5. The van der Waals surface area contributed by atoms with E-state index in [2.05, 4.69) is 5.32 Å². The van der Waals surface area contributed by atoms with E-state index in [0.717, 1.165) is 9.87 Å². The molecule has 0 aromatic heterocycles. The lowest BCUT2D eigenvalue weighted by Gasteiger charge is -2.24. The highest BCUT2D eigenvalue weighted by atomic mass is 32.2. The molecule has 8 heteroatoms. The molecule has 0 saturated carbocycles. The first-order chi connectivity index (χ1) is 10.8. The smallest absolute Gasteiger partial charge is 0.243 e. The molecule has 0 bridgehead atoms. The van der Waals surface area contributed by atoms with Crippen molar-refractivity contribution in [2.24, 2.45) is 0 Å². The molecule has 1 heterocycles. The molecule has 0 aliphatic carbocycles. The molecule has 0 unspecified atom stereocenters. The third kappa shape index (κ3) is 4.08. The molecule has 1 N–H and O–H groups in total. The van der Waals surface area contributed by atoms with Gasteiger partial charge in [-0.05, 0) is 37.0 Å². The topological polar surface area (TPSA) is 107 Å². The summed E-state index contributed by atoms with van der Waals surface area (Å²) in [5.41, 5.74) is 0.885. The summed E-state index contributed by atoms with van der Waals surface area (Å²) in [4.78, 5) is 21.9. The van der Waals surface area contributed by atoms with E-state index in [0.29, 0.717) is 19.4 Å². The van der Waals surface area contributed by atoms with Gasteiger partial charge in [-0.2, -0.15) is 4.31 Å². The van der Waals surface area contributed by atoms with Crippen molar-refractivity contribution >= 4 is 21.9 Å². The largest absolute Gasteiger partial charge is 0.548 e. The molecule has 0 spiro atoms. The van der Waals surface area contributed by atoms with Crippen LogP contribution in [0.5, 0.6) is 0 Å². The van der Waals surface area contributed by atoms with Crippen LogP contribution >= 0.6 is 0 Å². The lowest BCUT2D eigenvalue weighted by Crippen LogP contribution is -2.46. The Bertz CT molecular complexity index is 684. The lowest BCUT2D eigenvalue weighted by atomic mass is 10.1. The Morgan fingerprint density at radius 1 is 1.30 bits per heavy atom. The number of amides is 1. The van der Waals surface area contributed by atoms with Crippen molar-refractivity contribution in [3.05, 3.63) is 29.8 Å². The van der Waals surface area contributed by atoms with Gasteiger partial charge in [0.1, 0.15) is 0 Å². The number of carbonyl (C=O) groups excluding carboxylic acids is 2. The second kappa shape index (κ2) is 7.10. The van der Waals surface area contributed by atoms with Gasteiger partial charge >= 0.3 is 0 Å². The van der Waals surface area contributed by atoms with E-state index in [1.165, 1.54) is 19.1 Å². The highest BCUT2D eigenvalue weighted by Crippen LogP contribution is 2.26. The fourth-order valence-corrected chi connectivity index (χ4v) is 4.26. The molecule has 1 aromatic carbocycles. The minimum absolute atomic E-state index is 0.0638. The SMILES string of the molecule is CC(=O)NCCc1ccc(S(=O)(=O)N2CCC[C@H]2C(=O)[O-])cc1. The van der Waals surface area contributed by atoms with Crippen molar-refractivity contribution in [3.63, 3.8) is 0 Å². The number of hydrogen-bond donors (Lipinski definition) is 1. The second-order valence-corrected chi connectivity index (χ2v) is 7.36. The summed E-state index contributed by atoms with van der Waals surface area (Å²) in [5, 5.41) is 13.7. The van der Waals surface area contributed by atoms with Crippen LogP contribution in [0.2, 0.25) is 0 Å². The van der Waals surface area contributed by atoms with E-state index in [1.807, 2.05) is 0 Å². The number of sulfonamides is 1. The molecular weight excluding hydrogens is 320 g/mol. The van der Waals surface area contributed by atoms with E-state index in [9.17, 15) is 23.1 Å². The van der Waals surface area contributed by atoms with Gasteiger partial charge in [0.15, 0.2) is 0 Å². The molecule has 126 valence electrons. The zero-order valence-electron chi connectivity index (χ0n) is 12.8. The maximum Gasteiger partial charge on any atom is 0.243 e. The van der Waals surface area contributed by atoms with Gasteiger partial charge in [0.25, 0.3) is 0 Å². The number of aliphatic carboxylic acids is 1. The number of rotatable bonds is 6. The van der Waals surface area contributed by atoms with Crippen molar-refractivity contribution in [2.75, 3.05) is 13.1 Å². The monoisotopic (exact) mass is 339 g/mol. The lowest BCUT2D eigenvalue weighted by molar-refractivity contribution is -0.309. The number of carbonyl (C=O) groups is 2. The quantitative estimate of drug-likeness (QED) is 0.735. The molecule has 1 aliphatic heterocycles. The maximum absolute atomic E-state index is 12.5. The van der Waals surface area contributed by atoms with E-state index in [1.54, 1.807) is 12.1 Å². The molecule has 2 rings (SSSR count). The average Bonchev–Trinajstić information content (AvgIpc) is 2.98. The summed E-state index contributed by atoms with van der Waals surface area (Å²) in [6.45, 7) is 2.09. The van der Waals surface area contributed by atoms with E-state index < -0.39 is 22.0 Å². The highest BCUT2D eigenvalue weighted by Gasteiger charge is 2.35. The van der Waals surface area contributed by atoms with Crippen LogP contribution in [0.3, 0.4) is 0 Å². The Kier molecular flexibility index (Phi) is 5.38. The minimum atomic E-state index is -3.84. The van der Waals surface area contributed by atoms with Gasteiger partial charge in [0.2, 0.25) is 15.9 Å². The van der Waals surface area contributed by atoms with Gasteiger partial charge in [-0.25, -0.2) is 8.42 Å². The fraction of sp³-hybridized carbons (Fsp3) is 0.467. The molecule has 0 radical (unpaired) electrons. The molecule has 1 amide bonds. The Morgan fingerprint density at radius 2 is 1.96 bits per heavy atom. The minimum Gasteiger partial charge on any atom is -0.548 e. The third-order valence-corrected chi connectivity index (χ3v) is 5.72. The van der Waals surface area contributed by atoms with Crippen molar-refractivity contribution in [2.45, 2.75) is 37.1 Å². The zero-order valence-corrected chi connectivity index (χ0v) is 13.6. The highest BCUT2D eigenvalue weighted by molar-refractivity contribution is 7.89. The number of benzene rings is 1. The summed E-state index contributed by atoms with van der Waals surface area (Å²) in [5.74, 6) is -1.48. The summed E-state index contributed by atoms with van der Waals surface area (Å²) in [7, 11) is -3.84. The molecule has 1 aromatic rings. The maximum atomic E-state index is 12.5. The molecule has 1 fully saturated rings. The first kappa shape index (κ1) is 17.4. The number of nitrogens with zero attached hydrogens (tertiary/aromatic N) is 1. The van der Waals surface area contributed by atoms with E-state index >= 15 is 0 Å². The molecule has 1 atom stereocenters. The molecule has 1 saturated heterocycles. The normalized spacial score (nSPS) is 18.7. The van der Waals surface area contributed by atoms with Crippen molar-refractivity contribution < 1.29 is 23.1 Å². The van der Waals surface area contributed by atoms with Crippen LogP contribution in [0.1, 0.15) is 25.3 Å². The predicted octanol–water partition coefficient (Wildman–Crippen LogP) is -0.732. The van der Waals surface area contributed by atoms with Crippen LogP contribution in [-0.4, -0.2) is 43.7 Å². The van der Waals surface area contributed by atoms with Crippen LogP contribution in [0.4, 0.5) is 0 Å². The van der Waals surface area contributed by atoms with E-state index in [-0.39, 0.29) is 23.8 Å². The van der Waals surface area contributed by atoms with Crippen molar-refractivity contribution in [1.82, 2.24) is 9.62 Å². The average molecular weight is 339 g/mol. The molecule has 1 aliphatic rings. The Hall–Kier alpha value is -1.93. The first-order valence-corrected chi connectivity index (χ1v) is 8.82. The summed E-state index contributed by atoms with van der Waals surface area (Å²) < 4.78 is 26.1. The number of nitrogens with one attached hydrogen (secondary N) is 1. The molecule has 23 heavy (non-hydrogen) atoms. The van der Waals surface area contributed by atoms with E-state index in [4.69, 9.17) is 0 Å². The predicted molar refractivity (Wildman–Crippen MR) is 80.8 cm³/mol. The van der Waals surface area contributed by atoms with Crippen molar-refractivity contribution in [1.29, 1.82) is 0 Å². The van der Waals surface area contributed by atoms with Crippen LogP contribution in [0.25, 0.3) is 0 Å². The molecule has 7 nitrogen and oxygen atoms in total. The van der Waals surface area contributed by atoms with Gasteiger partial charge in [0.05, 0.1) is 16.9 Å². The Balaban J connectivity index is 2.11. The van der Waals surface area contributed by atoms with Gasteiger partial charge in [0, 0.05) is 20.0 Å². The summed E-state index contributed by atoms with van der Waals surface area (Å²) in [6.07, 6.45) is 1.37. The first-order valence-electron chi connectivity index (χ1n) is 7.38.